The highest BCUT2D eigenvalue weighted by Gasteiger charge is 2.41. The molecule has 5 nitrogen and oxygen atoms in total. The predicted octanol–water partition coefficient (Wildman–Crippen LogP) is 1.68. The van der Waals surface area contributed by atoms with Gasteiger partial charge in [0.05, 0.1) is 6.54 Å². The molecule has 1 atom stereocenters. The van der Waals surface area contributed by atoms with E-state index in [1.54, 1.807) is 0 Å². The first-order chi connectivity index (χ1) is 13.2. The van der Waals surface area contributed by atoms with Gasteiger partial charge in [-0.1, -0.05) is 60.7 Å². The lowest BCUT2D eigenvalue weighted by molar-refractivity contribution is -0.139. The van der Waals surface area contributed by atoms with Crippen LogP contribution in [0.5, 0.6) is 0 Å². The van der Waals surface area contributed by atoms with Crippen LogP contribution in [0.25, 0.3) is 0 Å². The van der Waals surface area contributed by atoms with Crippen molar-refractivity contribution in [2.75, 3.05) is 26.2 Å². The van der Waals surface area contributed by atoms with Crippen LogP contribution in [0.1, 0.15) is 24.0 Å². The van der Waals surface area contributed by atoms with E-state index in [4.69, 9.17) is 0 Å². The van der Waals surface area contributed by atoms with Gasteiger partial charge in [0.15, 0.2) is 0 Å². The molecule has 2 heterocycles. The fraction of sp³-hybridized carbons (Fsp3) is 0.364. The van der Waals surface area contributed by atoms with E-state index in [2.05, 4.69) is 59.2 Å². The van der Waals surface area contributed by atoms with Gasteiger partial charge in [0, 0.05) is 25.0 Å². The fourth-order valence-corrected chi connectivity index (χ4v) is 4.39. The minimum Gasteiger partial charge on any atom is -0.342 e. The quantitative estimate of drug-likeness (QED) is 0.872. The highest BCUT2D eigenvalue weighted by Crippen LogP contribution is 2.40. The molecular weight excluding hydrogens is 338 g/mol. The Morgan fingerprint density at radius 2 is 1.63 bits per heavy atom. The maximum absolute atomic E-state index is 13.1. The average molecular weight is 363 g/mol. The number of amides is 2. The van der Waals surface area contributed by atoms with Crippen LogP contribution in [-0.2, 0) is 15.0 Å². The van der Waals surface area contributed by atoms with Crippen molar-refractivity contribution in [1.82, 2.24) is 15.5 Å². The van der Waals surface area contributed by atoms with E-state index in [0.717, 1.165) is 19.4 Å². The molecule has 0 aromatic heterocycles. The van der Waals surface area contributed by atoms with Crippen molar-refractivity contribution < 1.29 is 9.59 Å². The number of rotatable bonds is 3. The minimum atomic E-state index is -0.478. The Morgan fingerprint density at radius 1 is 1.00 bits per heavy atom. The van der Waals surface area contributed by atoms with Gasteiger partial charge in [-0.25, -0.2) is 0 Å². The van der Waals surface area contributed by atoms with Crippen LogP contribution in [-0.4, -0.2) is 48.9 Å². The van der Waals surface area contributed by atoms with Gasteiger partial charge in [0.25, 0.3) is 0 Å². The van der Waals surface area contributed by atoms with Crippen LogP contribution in [0, 0.1) is 0 Å². The topological polar surface area (TPSA) is 61.4 Å². The van der Waals surface area contributed by atoms with Crippen LogP contribution in [0.2, 0.25) is 0 Å². The summed E-state index contributed by atoms with van der Waals surface area (Å²) in [5, 5.41) is 5.86. The van der Waals surface area contributed by atoms with E-state index in [1.165, 1.54) is 11.1 Å². The number of nitrogens with one attached hydrogen (secondary N) is 2. The Kier molecular flexibility index (Phi) is 4.94. The molecule has 27 heavy (non-hydrogen) atoms. The lowest BCUT2D eigenvalue weighted by Crippen LogP contribution is -2.61. The van der Waals surface area contributed by atoms with Crippen molar-refractivity contribution in [3.63, 3.8) is 0 Å². The Labute approximate surface area is 159 Å². The minimum absolute atomic E-state index is 0.00601. The van der Waals surface area contributed by atoms with E-state index in [1.807, 2.05) is 17.0 Å². The van der Waals surface area contributed by atoms with E-state index in [-0.39, 0.29) is 23.8 Å². The number of piperazine rings is 1. The van der Waals surface area contributed by atoms with Crippen molar-refractivity contribution in [1.29, 1.82) is 0 Å². The number of hydrogen-bond donors (Lipinski definition) is 2. The van der Waals surface area contributed by atoms with Gasteiger partial charge in [-0.05, 0) is 24.0 Å². The highest BCUT2D eigenvalue weighted by atomic mass is 16.2. The lowest BCUT2D eigenvalue weighted by atomic mass is 9.69. The van der Waals surface area contributed by atoms with Gasteiger partial charge in [-0.15, -0.1) is 0 Å². The number of piperidine rings is 1. The molecule has 1 unspecified atom stereocenters. The number of carbonyl (C=O) groups is 2. The molecule has 2 amide bonds. The molecule has 0 bridgehead atoms. The average Bonchev–Trinajstić information content (AvgIpc) is 2.74. The molecule has 2 saturated heterocycles. The molecular formula is C22H25N3O2. The molecule has 5 heteroatoms. The summed E-state index contributed by atoms with van der Waals surface area (Å²) >= 11 is 0. The van der Waals surface area contributed by atoms with Crippen molar-refractivity contribution in [3.05, 3.63) is 71.8 Å². The monoisotopic (exact) mass is 363 g/mol. The summed E-state index contributed by atoms with van der Waals surface area (Å²) in [5.41, 5.74) is 2.25. The van der Waals surface area contributed by atoms with Gasteiger partial charge in [-0.2, -0.15) is 0 Å². The zero-order chi connectivity index (χ0) is 18.7. The zero-order valence-corrected chi connectivity index (χ0v) is 15.4. The summed E-state index contributed by atoms with van der Waals surface area (Å²) in [6.45, 7) is 2.13. The number of hydrogen-bond acceptors (Lipinski definition) is 3. The second-order valence-corrected chi connectivity index (χ2v) is 7.43. The van der Waals surface area contributed by atoms with Crippen LogP contribution >= 0.6 is 0 Å². The third-order valence-corrected chi connectivity index (χ3v) is 5.72. The maximum atomic E-state index is 13.1. The smallest absolute Gasteiger partial charge is 0.246 e. The summed E-state index contributed by atoms with van der Waals surface area (Å²) in [7, 11) is 0. The Bertz CT molecular complexity index is 767. The molecule has 0 radical (unpaired) electrons. The van der Waals surface area contributed by atoms with Crippen molar-refractivity contribution >= 4 is 11.8 Å². The first-order valence-corrected chi connectivity index (χ1v) is 9.59. The molecule has 0 aliphatic carbocycles. The Morgan fingerprint density at radius 3 is 2.22 bits per heavy atom. The van der Waals surface area contributed by atoms with Crippen LogP contribution in [0.4, 0.5) is 0 Å². The van der Waals surface area contributed by atoms with Crippen LogP contribution in [0.15, 0.2) is 60.7 Å². The first-order valence-electron chi connectivity index (χ1n) is 9.59. The van der Waals surface area contributed by atoms with E-state index in [9.17, 15) is 9.59 Å². The van der Waals surface area contributed by atoms with E-state index >= 15 is 0 Å². The van der Waals surface area contributed by atoms with Crippen molar-refractivity contribution in [3.8, 4) is 0 Å². The summed E-state index contributed by atoms with van der Waals surface area (Å²) in [5.74, 6) is -0.111. The van der Waals surface area contributed by atoms with Gasteiger partial charge in [0.1, 0.15) is 6.04 Å². The van der Waals surface area contributed by atoms with Crippen LogP contribution < -0.4 is 10.6 Å². The van der Waals surface area contributed by atoms with Gasteiger partial charge < -0.3 is 15.5 Å². The largest absolute Gasteiger partial charge is 0.342 e. The molecule has 2 aromatic carbocycles. The summed E-state index contributed by atoms with van der Waals surface area (Å²) < 4.78 is 0. The number of carbonyl (C=O) groups excluding carboxylic acids is 2. The Hall–Kier alpha value is -2.66. The molecule has 2 fully saturated rings. The first kappa shape index (κ1) is 17.7. The molecule has 2 N–H and O–H groups in total. The Balaban J connectivity index is 1.66. The summed E-state index contributed by atoms with van der Waals surface area (Å²) in [6.07, 6.45) is 1.93. The third-order valence-electron chi connectivity index (χ3n) is 5.72. The summed E-state index contributed by atoms with van der Waals surface area (Å²) in [6, 6.07) is 20.4. The standard InChI is InChI=1S/C22H25N3O2/c26-20-15-23-14-19(24-20)21(27)25-13-7-12-22(16-25,17-8-3-1-4-9-17)18-10-5-2-6-11-18/h1-6,8-11,19,23H,7,12-16H2,(H,24,26). The maximum Gasteiger partial charge on any atom is 0.246 e. The molecule has 140 valence electrons. The molecule has 2 aromatic rings. The molecule has 2 aliphatic heterocycles. The highest BCUT2D eigenvalue weighted by molar-refractivity contribution is 5.90. The molecule has 2 aliphatic rings. The van der Waals surface area contributed by atoms with Gasteiger partial charge in [0.2, 0.25) is 11.8 Å². The zero-order valence-electron chi connectivity index (χ0n) is 15.4. The van der Waals surface area contributed by atoms with Gasteiger partial charge >= 0.3 is 0 Å². The van der Waals surface area contributed by atoms with E-state index < -0.39 is 6.04 Å². The SMILES string of the molecule is O=C1CNCC(C(=O)N2CCCC(c3ccccc3)(c3ccccc3)C2)N1. The normalized spacial score (nSPS) is 22.1. The second kappa shape index (κ2) is 7.53. The van der Waals surface area contributed by atoms with Crippen molar-refractivity contribution in [2.45, 2.75) is 24.3 Å². The van der Waals surface area contributed by atoms with E-state index in [0.29, 0.717) is 13.1 Å². The summed E-state index contributed by atoms with van der Waals surface area (Å²) in [4.78, 5) is 26.7. The van der Waals surface area contributed by atoms with Crippen molar-refractivity contribution in [2.24, 2.45) is 0 Å². The molecule has 4 rings (SSSR count). The second-order valence-electron chi connectivity index (χ2n) is 7.43. The number of benzene rings is 2. The number of nitrogens with zero attached hydrogens (tertiary/aromatic N) is 1. The predicted molar refractivity (Wildman–Crippen MR) is 104 cm³/mol. The molecule has 0 spiro atoms. The lowest BCUT2D eigenvalue weighted by Gasteiger charge is -2.45. The third kappa shape index (κ3) is 3.47. The fourth-order valence-electron chi connectivity index (χ4n) is 4.39. The molecule has 0 saturated carbocycles. The number of likely N-dealkylation sites (tertiary alicyclic amines) is 1. The van der Waals surface area contributed by atoms with Crippen LogP contribution in [0.3, 0.4) is 0 Å². The van der Waals surface area contributed by atoms with Gasteiger partial charge in [-0.3, -0.25) is 9.59 Å².